The Morgan fingerprint density at radius 3 is 2.63 bits per heavy atom. The van der Waals surface area contributed by atoms with E-state index in [1.165, 1.54) is 5.69 Å². The van der Waals surface area contributed by atoms with Gasteiger partial charge in [0, 0.05) is 33.3 Å². The second kappa shape index (κ2) is 8.02. The minimum atomic E-state index is 0.648. The van der Waals surface area contributed by atoms with Crippen molar-refractivity contribution in [3.05, 3.63) is 15.9 Å². The number of aryl methyl sites for hydroxylation is 2. The normalized spacial score (nSPS) is 11.8. The molecule has 0 aromatic carbocycles. The Bertz CT molecular complexity index is 390. The van der Waals surface area contributed by atoms with E-state index in [0.717, 1.165) is 43.0 Å². The van der Waals surface area contributed by atoms with Crippen LogP contribution in [0.5, 0.6) is 0 Å². The first-order valence-corrected chi connectivity index (χ1v) is 7.71. The van der Waals surface area contributed by atoms with Crippen LogP contribution in [0, 0.1) is 12.8 Å². The zero-order valence-electron chi connectivity index (χ0n) is 12.7. The molecule has 0 aliphatic carbocycles. The van der Waals surface area contributed by atoms with E-state index in [1.807, 2.05) is 6.92 Å². The van der Waals surface area contributed by atoms with Crippen molar-refractivity contribution in [2.45, 2.75) is 40.8 Å². The number of ether oxygens (including phenoxy) is 1. The van der Waals surface area contributed by atoms with Gasteiger partial charge >= 0.3 is 0 Å². The van der Waals surface area contributed by atoms with Crippen molar-refractivity contribution in [3.63, 3.8) is 0 Å². The van der Waals surface area contributed by atoms with Crippen LogP contribution in [0.25, 0.3) is 0 Å². The van der Waals surface area contributed by atoms with Crippen molar-refractivity contribution < 1.29 is 4.74 Å². The number of halogens is 1. The summed E-state index contributed by atoms with van der Waals surface area (Å²) in [5.41, 5.74) is 2.32. The van der Waals surface area contributed by atoms with Gasteiger partial charge in [-0.2, -0.15) is 5.10 Å². The summed E-state index contributed by atoms with van der Waals surface area (Å²) in [6.45, 7) is 13.3. The minimum Gasteiger partial charge on any atom is -0.383 e. The topological polar surface area (TPSA) is 30.3 Å². The predicted octanol–water partition coefficient (Wildman–Crippen LogP) is 3.08. The van der Waals surface area contributed by atoms with E-state index >= 15 is 0 Å². The van der Waals surface area contributed by atoms with Crippen LogP contribution in [0.2, 0.25) is 0 Å². The second-order valence-corrected chi connectivity index (χ2v) is 6.08. The number of nitrogens with zero attached hydrogens (tertiary/aromatic N) is 3. The van der Waals surface area contributed by atoms with Gasteiger partial charge in [0.15, 0.2) is 0 Å². The highest BCUT2D eigenvalue weighted by Crippen LogP contribution is 2.22. The molecule has 0 atom stereocenters. The highest BCUT2D eigenvalue weighted by Gasteiger charge is 2.16. The molecule has 0 amide bonds. The van der Waals surface area contributed by atoms with Crippen molar-refractivity contribution in [2.75, 3.05) is 26.8 Å². The molecule has 0 aliphatic rings. The van der Waals surface area contributed by atoms with E-state index < -0.39 is 0 Å². The quantitative estimate of drug-likeness (QED) is 0.733. The number of aromatic nitrogens is 2. The highest BCUT2D eigenvalue weighted by atomic mass is 79.9. The number of methoxy groups -OCH3 is 1. The predicted molar refractivity (Wildman–Crippen MR) is 82.3 cm³/mol. The van der Waals surface area contributed by atoms with Crippen molar-refractivity contribution in [2.24, 2.45) is 5.92 Å². The smallest absolute Gasteiger partial charge is 0.0739 e. The molecule has 110 valence electrons. The monoisotopic (exact) mass is 331 g/mol. The lowest BCUT2D eigenvalue weighted by Gasteiger charge is -2.24. The average Bonchev–Trinajstić information content (AvgIpc) is 2.63. The first-order chi connectivity index (χ1) is 8.99. The zero-order valence-corrected chi connectivity index (χ0v) is 14.3. The van der Waals surface area contributed by atoms with Crippen LogP contribution in [0.4, 0.5) is 0 Å². The van der Waals surface area contributed by atoms with Crippen LogP contribution in [0.3, 0.4) is 0 Å². The van der Waals surface area contributed by atoms with Gasteiger partial charge in [-0.3, -0.25) is 9.58 Å². The fourth-order valence-electron chi connectivity index (χ4n) is 2.20. The summed E-state index contributed by atoms with van der Waals surface area (Å²) in [7, 11) is 1.75. The molecule has 0 unspecified atom stereocenters. The molecule has 5 heteroatoms. The molecule has 0 spiro atoms. The molecular weight excluding hydrogens is 306 g/mol. The Morgan fingerprint density at radius 1 is 1.42 bits per heavy atom. The minimum absolute atomic E-state index is 0.648. The lowest BCUT2D eigenvalue weighted by molar-refractivity contribution is 0.134. The summed E-state index contributed by atoms with van der Waals surface area (Å²) in [4.78, 5) is 2.43. The third-order valence-corrected chi connectivity index (χ3v) is 4.09. The Hall–Kier alpha value is -0.390. The van der Waals surface area contributed by atoms with Crippen LogP contribution in [-0.2, 0) is 17.8 Å². The zero-order chi connectivity index (χ0) is 14.4. The lowest BCUT2D eigenvalue weighted by atomic mass is 10.2. The largest absolute Gasteiger partial charge is 0.383 e. The van der Waals surface area contributed by atoms with Crippen LogP contribution in [0.1, 0.15) is 32.2 Å². The summed E-state index contributed by atoms with van der Waals surface area (Å²) in [6, 6.07) is 0. The molecule has 0 aliphatic heterocycles. The molecule has 0 saturated carbocycles. The van der Waals surface area contributed by atoms with E-state index in [2.05, 4.69) is 51.4 Å². The van der Waals surface area contributed by atoms with Crippen LogP contribution >= 0.6 is 15.9 Å². The molecule has 1 aromatic heterocycles. The van der Waals surface area contributed by atoms with Crippen molar-refractivity contribution >= 4 is 15.9 Å². The summed E-state index contributed by atoms with van der Waals surface area (Å²) in [6.07, 6.45) is 0. The Morgan fingerprint density at radius 2 is 2.11 bits per heavy atom. The molecule has 0 radical (unpaired) electrons. The third-order valence-electron chi connectivity index (χ3n) is 3.06. The maximum atomic E-state index is 5.21. The van der Waals surface area contributed by atoms with Crippen LogP contribution in [-0.4, -0.2) is 41.5 Å². The van der Waals surface area contributed by atoms with E-state index in [-0.39, 0.29) is 0 Å². The number of hydrogen-bond donors (Lipinski definition) is 0. The second-order valence-electron chi connectivity index (χ2n) is 5.28. The highest BCUT2D eigenvalue weighted by molar-refractivity contribution is 9.10. The molecule has 1 heterocycles. The summed E-state index contributed by atoms with van der Waals surface area (Å²) in [5, 5.41) is 4.55. The van der Waals surface area contributed by atoms with E-state index in [1.54, 1.807) is 7.11 Å². The molecule has 1 rings (SSSR count). The Balaban J connectivity index is 2.82. The van der Waals surface area contributed by atoms with Gasteiger partial charge in [0.1, 0.15) is 0 Å². The molecule has 19 heavy (non-hydrogen) atoms. The van der Waals surface area contributed by atoms with Crippen LogP contribution < -0.4 is 0 Å². The SMILES string of the molecule is CCn1nc(C)c(Br)c1CN(CCOC)CC(C)C. The molecule has 0 N–H and O–H groups in total. The molecule has 0 bridgehead atoms. The fourth-order valence-corrected chi connectivity index (χ4v) is 2.61. The van der Waals surface area contributed by atoms with Gasteiger partial charge in [-0.1, -0.05) is 13.8 Å². The molecule has 4 nitrogen and oxygen atoms in total. The van der Waals surface area contributed by atoms with E-state index in [0.29, 0.717) is 5.92 Å². The van der Waals surface area contributed by atoms with Gasteiger partial charge in [-0.15, -0.1) is 0 Å². The Labute approximate surface area is 125 Å². The van der Waals surface area contributed by atoms with Gasteiger partial charge in [0.05, 0.1) is 22.5 Å². The summed E-state index contributed by atoms with van der Waals surface area (Å²) in [5.74, 6) is 0.648. The average molecular weight is 332 g/mol. The van der Waals surface area contributed by atoms with Crippen molar-refractivity contribution in [3.8, 4) is 0 Å². The number of hydrogen-bond acceptors (Lipinski definition) is 3. The lowest BCUT2D eigenvalue weighted by Crippen LogP contribution is -2.31. The van der Waals surface area contributed by atoms with Gasteiger partial charge < -0.3 is 4.74 Å². The van der Waals surface area contributed by atoms with Crippen molar-refractivity contribution in [1.82, 2.24) is 14.7 Å². The molecule has 1 aromatic rings. The van der Waals surface area contributed by atoms with Gasteiger partial charge in [-0.25, -0.2) is 0 Å². The van der Waals surface area contributed by atoms with Gasteiger partial charge in [-0.05, 0) is 35.7 Å². The molecule has 0 saturated heterocycles. The first-order valence-electron chi connectivity index (χ1n) is 6.92. The van der Waals surface area contributed by atoms with E-state index in [9.17, 15) is 0 Å². The maximum Gasteiger partial charge on any atom is 0.0739 e. The summed E-state index contributed by atoms with van der Waals surface area (Å²) < 4.78 is 8.43. The van der Waals surface area contributed by atoms with E-state index in [4.69, 9.17) is 4.74 Å². The third kappa shape index (κ3) is 4.89. The maximum absolute atomic E-state index is 5.21. The first kappa shape index (κ1) is 16.7. The van der Waals surface area contributed by atoms with Gasteiger partial charge in [0.25, 0.3) is 0 Å². The number of rotatable bonds is 8. The summed E-state index contributed by atoms with van der Waals surface area (Å²) >= 11 is 3.66. The van der Waals surface area contributed by atoms with Crippen LogP contribution in [0.15, 0.2) is 4.47 Å². The molecular formula is C14H26BrN3O. The molecule has 0 fully saturated rings. The standard InChI is InChI=1S/C14H26BrN3O/c1-6-18-13(14(15)12(4)16-18)10-17(7-8-19-5)9-11(2)3/h11H,6-10H2,1-5H3. The van der Waals surface area contributed by atoms with Gasteiger partial charge in [0.2, 0.25) is 0 Å². The Kier molecular flexibility index (Phi) is 7.04. The van der Waals surface area contributed by atoms with Crippen molar-refractivity contribution in [1.29, 1.82) is 0 Å². The fraction of sp³-hybridized carbons (Fsp3) is 0.786.